The van der Waals surface area contributed by atoms with Gasteiger partial charge in [0.1, 0.15) is 11.7 Å². The summed E-state index contributed by atoms with van der Waals surface area (Å²) in [5.41, 5.74) is 7.51. The van der Waals surface area contributed by atoms with Gasteiger partial charge in [0, 0.05) is 30.3 Å². The molecule has 0 radical (unpaired) electrons. The topological polar surface area (TPSA) is 81.2 Å². The Morgan fingerprint density at radius 3 is 2.68 bits per heavy atom. The molecule has 2 atom stereocenters. The fourth-order valence-electron chi connectivity index (χ4n) is 2.44. The van der Waals surface area contributed by atoms with Crippen molar-refractivity contribution in [2.45, 2.75) is 29.8 Å². The van der Waals surface area contributed by atoms with E-state index in [9.17, 15) is 0 Å². The Kier molecular flexibility index (Phi) is 6.22. The lowest BCUT2D eigenvalue weighted by atomic mass is 10.3. The van der Waals surface area contributed by atoms with E-state index in [4.69, 9.17) is 0 Å². The number of amidine groups is 1. The first-order chi connectivity index (χ1) is 12.1. The van der Waals surface area contributed by atoms with Crippen molar-refractivity contribution in [2.24, 2.45) is 4.99 Å². The van der Waals surface area contributed by atoms with Crippen molar-refractivity contribution in [3.63, 3.8) is 0 Å². The highest BCUT2D eigenvalue weighted by Crippen LogP contribution is 2.26. The molecule has 25 heavy (non-hydrogen) atoms. The van der Waals surface area contributed by atoms with Gasteiger partial charge in [0.25, 0.3) is 0 Å². The fraction of sp³-hybridized carbons (Fsp3) is 0.438. The number of aryl methyl sites for hydroxylation is 1. The third kappa shape index (κ3) is 5.38. The lowest BCUT2D eigenvalue weighted by Crippen LogP contribution is -2.36. The molecule has 1 aromatic carbocycles. The lowest BCUT2D eigenvalue weighted by molar-refractivity contribution is 0.683. The van der Waals surface area contributed by atoms with Gasteiger partial charge in [0.2, 0.25) is 5.16 Å². The Labute approximate surface area is 156 Å². The third-order valence-corrected chi connectivity index (χ3v) is 6.06. The van der Waals surface area contributed by atoms with Gasteiger partial charge in [-0.15, -0.1) is 16.9 Å². The molecule has 2 unspecified atom stereocenters. The normalized spacial score (nSPS) is 17.9. The summed E-state index contributed by atoms with van der Waals surface area (Å²) in [7, 11) is 2.12. The highest BCUT2D eigenvalue weighted by atomic mass is 32.2. The molecule has 1 aliphatic heterocycles. The van der Waals surface area contributed by atoms with Crippen LogP contribution in [0.25, 0.3) is 0 Å². The van der Waals surface area contributed by atoms with E-state index in [-0.39, 0.29) is 5.50 Å². The van der Waals surface area contributed by atoms with E-state index in [1.807, 2.05) is 31.7 Å². The van der Waals surface area contributed by atoms with Gasteiger partial charge >= 0.3 is 0 Å². The monoisotopic (exact) mass is 377 g/mol. The molecule has 1 aliphatic rings. The number of anilines is 1. The minimum Gasteiger partial charge on any atom is -0.373 e. The second-order valence-electron chi connectivity index (χ2n) is 5.82. The summed E-state index contributed by atoms with van der Waals surface area (Å²) < 4.78 is 0. The van der Waals surface area contributed by atoms with E-state index in [2.05, 4.69) is 67.2 Å². The maximum atomic E-state index is 4.56. The van der Waals surface area contributed by atoms with Crippen molar-refractivity contribution in [2.75, 3.05) is 24.2 Å². The first kappa shape index (κ1) is 18.1. The van der Waals surface area contributed by atoms with Gasteiger partial charge in [-0.2, -0.15) is 0 Å². The number of aromatic nitrogens is 3. The van der Waals surface area contributed by atoms with Crippen molar-refractivity contribution in [1.29, 1.82) is 0 Å². The van der Waals surface area contributed by atoms with Crippen LogP contribution in [0.3, 0.4) is 0 Å². The molecule has 0 saturated heterocycles. The smallest absolute Gasteiger partial charge is 0.208 e. The van der Waals surface area contributed by atoms with Crippen molar-refractivity contribution >= 4 is 35.0 Å². The summed E-state index contributed by atoms with van der Waals surface area (Å²) in [6.07, 6.45) is 0. The first-order valence-electron chi connectivity index (χ1n) is 8.09. The molecule has 0 amide bonds. The Bertz CT molecular complexity index is 704. The van der Waals surface area contributed by atoms with E-state index in [1.165, 1.54) is 5.69 Å². The van der Waals surface area contributed by atoms with E-state index in [0.29, 0.717) is 5.25 Å². The number of hydrogen-bond donors (Lipinski definition) is 3. The number of nitrogens with zero attached hydrogens (tertiary/aromatic N) is 4. The number of thioether (sulfide) groups is 2. The number of para-hydroxylation sites is 1. The fourth-order valence-corrected chi connectivity index (χ4v) is 4.73. The zero-order valence-corrected chi connectivity index (χ0v) is 16.2. The Hall–Kier alpha value is -1.71. The van der Waals surface area contributed by atoms with Crippen LogP contribution >= 0.6 is 23.5 Å². The second-order valence-corrected chi connectivity index (χ2v) is 8.20. The van der Waals surface area contributed by atoms with Gasteiger partial charge < -0.3 is 10.3 Å². The molecule has 0 fully saturated rings. The summed E-state index contributed by atoms with van der Waals surface area (Å²) in [4.78, 5) is 11.2. The number of H-pyrrole nitrogens is 1. The van der Waals surface area contributed by atoms with Crippen LogP contribution in [-0.4, -0.2) is 51.1 Å². The highest BCUT2D eigenvalue weighted by molar-refractivity contribution is 8.03. The highest BCUT2D eigenvalue weighted by Gasteiger charge is 2.22. The van der Waals surface area contributed by atoms with Crippen molar-refractivity contribution in [3.8, 4) is 0 Å². The van der Waals surface area contributed by atoms with Crippen LogP contribution in [0.1, 0.15) is 12.7 Å². The van der Waals surface area contributed by atoms with Crippen molar-refractivity contribution < 1.29 is 0 Å². The summed E-state index contributed by atoms with van der Waals surface area (Å²) >= 11 is 3.49. The number of rotatable bonds is 8. The summed E-state index contributed by atoms with van der Waals surface area (Å²) in [5, 5.41) is 8.27. The predicted molar refractivity (Wildman–Crippen MR) is 106 cm³/mol. The Balaban J connectivity index is 1.62. The molecule has 2 aromatic rings. The Morgan fingerprint density at radius 2 is 2.04 bits per heavy atom. The van der Waals surface area contributed by atoms with Crippen LogP contribution in [0, 0.1) is 6.92 Å². The van der Waals surface area contributed by atoms with Crippen LogP contribution in [-0.2, 0) is 0 Å². The van der Waals surface area contributed by atoms with Crippen LogP contribution in [0.4, 0.5) is 5.69 Å². The van der Waals surface area contributed by atoms with E-state index >= 15 is 0 Å². The molecular formula is C16H23N7S2. The van der Waals surface area contributed by atoms with E-state index < -0.39 is 0 Å². The first-order valence-corrected chi connectivity index (χ1v) is 10.0. The molecule has 9 heteroatoms. The number of benzene rings is 1. The largest absolute Gasteiger partial charge is 0.373 e. The van der Waals surface area contributed by atoms with Gasteiger partial charge in [0.15, 0.2) is 5.50 Å². The molecule has 3 rings (SSSR count). The number of hydrogen-bond acceptors (Lipinski definition) is 8. The molecule has 3 N–H and O–H groups in total. The second kappa shape index (κ2) is 8.59. The van der Waals surface area contributed by atoms with E-state index in [1.54, 1.807) is 11.8 Å². The molecule has 134 valence electrons. The molecule has 0 spiro atoms. The molecule has 7 nitrogen and oxygen atoms in total. The average molecular weight is 378 g/mol. The van der Waals surface area contributed by atoms with Gasteiger partial charge in [0.05, 0.1) is 0 Å². The van der Waals surface area contributed by atoms with Crippen molar-refractivity contribution in [3.05, 3.63) is 36.2 Å². The molecular weight excluding hydrogens is 354 g/mol. The summed E-state index contributed by atoms with van der Waals surface area (Å²) in [6, 6.07) is 10.4. The van der Waals surface area contributed by atoms with Gasteiger partial charge in [-0.1, -0.05) is 30.0 Å². The summed E-state index contributed by atoms with van der Waals surface area (Å²) in [5.74, 6) is 2.67. The maximum Gasteiger partial charge on any atom is 0.208 e. The minimum atomic E-state index is 0.0312. The molecule has 1 aromatic heterocycles. The molecule has 0 bridgehead atoms. The van der Waals surface area contributed by atoms with Gasteiger partial charge in [-0.3, -0.25) is 5.10 Å². The zero-order chi connectivity index (χ0) is 17.6. The number of aliphatic imine (C=N–C) groups is 1. The lowest BCUT2D eigenvalue weighted by Gasteiger charge is -2.26. The standard InChI is InChI=1S/C16H23N7S2/c1-11-17-15(21-19-11)24-10-14(25-16-18-12(2)20-22-16)9-23(3)13-7-5-4-6-8-13/h4-8,14,16,22H,9-10H2,1-3H3,(H,18,20)(H,17,19,21). The number of aromatic amines is 1. The molecule has 2 heterocycles. The van der Waals surface area contributed by atoms with Crippen LogP contribution in [0.15, 0.2) is 40.5 Å². The van der Waals surface area contributed by atoms with Crippen LogP contribution in [0.2, 0.25) is 0 Å². The molecule has 0 aliphatic carbocycles. The number of nitrogens with one attached hydrogen (secondary N) is 3. The Morgan fingerprint density at radius 1 is 1.24 bits per heavy atom. The maximum absolute atomic E-state index is 4.56. The third-order valence-electron chi connectivity index (χ3n) is 3.66. The predicted octanol–water partition coefficient (Wildman–Crippen LogP) is 2.25. The zero-order valence-electron chi connectivity index (χ0n) is 14.6. The van der Waals surface area contributed by atoms with Gasteiger partial charge in [-0.25, -0.2) is 15.4 Å². The van der Waals surface area contributed by atoms with Crippen molar-refractivity contribution in [1.82, 2.24) is 26.0 Å². The quantitative estimate of drug-likeness (QED) is 0.609. The average Bonchev–Trinajstić information content (AvgIpc) is 3.21. The SMILES string of the molecule is CC1=NC(SC(CSc2n[nH]c(C)n2)CN(C)c2ccccc2)NN1. The molecule has 0 saturated carbocycles. The van der Waals surface area contributed by atoms with Gasteiger partial charge in [-0.05, 0) is 26.0 Å². The van der Waals surface area contributed by atoms with Crippen LogP contribution in [0.5, 0.6) is 0 Å². The minimum absolute atomic E-state index is 0.0312. The van der Waals surface area contributed by atoms with Crippen LogP contribution < -0.4 is 15.8 Å². The van der Waals surface area contributed by atoms with E-state index in [0.717, 1.165) is 29.1 Å². The summed E-state index contributed by atoms with van der Waals surface area (Å²) in [6.45, 7) is 4.79. The number of hydrazine groups is 1.